The molecular formula is C18H14F2N2O2. The number of amidine groups is 1. The summed E-state index contributed by atoms with van der Waals surface area (Å²) >= 11 is 0. The maximum absolute atomic E-state index is 13.3. The van der Waals surface area contributed by atoms with E-state index in [1.807, 2.05) is 6.92 Å². The maximum Gasteiger partial charge on any atom is 0.275 e. The van der Waals surface area contributed by atoms with Gasteiger partial charge in [-0.05, 0) is 48.9 Å². The molecule has 4 nitrogen and oxygen atoms in total. The van der Waals surface area contributed by atoms with Crippen molar-refractivity contribution in [3.8, 4) is 5.75 Å². The van der Waals surface area contributed by atoms with Crippen molar-refractivity contribution in [2.45, 2.75) is 6.92 Å². The van der Waals surface area contributed by atoms with Crippen LogP contribution < -0.4 is 10.1 Å². The predicted octanol–water partition coefficient (Wildman–Crippen LogP) is 3.28. The molecule has 0 radical (unpaired) electrons. The molecule has 1 aliphatic rings. The maximum atomic E-state index is 13.3. The molecule has 122 valence electrons. The summed E-state index contributed by atoms with van der Waals surface area (Å²) in [5.41, 5.74) is 1.27. The Labute approximate surface area is 137 Å². The van der Waals surface area contributed by atoms with E-state index >= 15 is 0 Å². The number of carbonyl (C=O) groups excluding carboxylic acids is 1. The van der Waals surface area contributed by atoms with E-state index in [0.29, 0.717) is 12.2 Å². The first kappa shape index (κ1) is 15.9. The second-order valence-electron chi connectivity index (χ2n) is 5.08. The summed E-state index contributed by atoms with van der Waals surface area (Å²) < 4.78 is 31.6. The Kier molecular flexibility index (Phi) is 4.37. The Morgan fingerprint density at radius 2 is 1.88 bits per heavy atom. The van der Waals surface area contributed by atoms with E-state index in [2.05, 4.69) is 10.3 Å². The average Bonchev–Trinajstić information content (AvgIpc) is 2.93. The predicted molar refractivity (Wildman–Crippen MR) is 86.6 cm³/mol. The van der Waals surface area contributed by atoms with Gasteiger partial charge >= 0.3 is 0 Å². The van der Waals surface area contributed by atoms with E-state index in [9.17, 15) is 13.6 Å². The number of carbonyl (C=O) groups is 1. The first-order chi connectivity index (χ1) is 11.6. The minimum atomic E-state index is -0.992. The van der Waals surface area contributed by atoms with Gasteiger partial charge in [0.25, 0.3) is 5.91 Å². The van der Waals surface area contributed by atoms with Crippen molar-refractivity contribution in [2.24, 2.45) is 4.99 Å². The molecule has 0 fully saturated rings. The normalized spacial score (nSPS) is 15.4. The van der Waals surface area contributed by atoms with Crippen LogP contribution in [0.2, 0.25) is 0 Å². The van der Waals surface area contributed by atoms with Crippen molar-refractivity contribution < 1.29 is 18.3 Å². The molecule has 0 saturated carbocycles. The van der Waals surface area contributed by atoms with E-state index in [-0.39, 0.29) is 11.5 Å². The fourth-order valence-electron chi connectivity index (χ4n) is 2.23. The molecule has 1 aliphatic heterocycles. The van der Waals surface area contributed by atoms with Crippen molar-refractivity contribution in [1.29, 1.82) is 0 Å². The van der Waals surface area contributed by atoms with E-state index < -0.39 is 17.5 Å². The third kappa shape index (κ3) is 3.32. The van der Waals surface area contributed by atoms with Crippen molar-refractivity contribution >= 4 is 17.8 Å². The van der Waals surface area contributed by atoms with Gasteiger partial charge in [-0.1, -0.05) is 12.1 Å². The van der Waals surface area contributed by atoms with Gasteiger partial charge in [0.2, 0.25) is 0 Å². The van der Waals surface area contributed by atoms with Crippen LogP contribution in [0.25, 0.3) is 6.08 Å². The zero-order valence-electron chi connectivity index (χ0n) is 12.8. The van der Waals surface area contributed by atoms with Crippen LogP contribution in [0.5, 0.6) is 5.75 Å². The summed E-state index contributed by atoms with van der Waals surface area (Å²) in [6.07, 6.45) is 1.61. The molecule has 0 atom stereocenters. The smallest absolute Gasteiger partial charge is 0.275 e. The SMILES string of the molecule is CCOc1ccc(/C=C2/N=C(c3ccc(F)c(F)c3)NC2=O)cc1. The lowest BCUT2D eigenvalue weighted by Crippen LogP contribution is -2.24. The largest absolute Gasteiger partial charge is 0.494 e. The molecule has 1 heterocycles. The molecule has 0 bridgehead atoms. The molecule has 0 aliphatic carbocycles. The van der Waals surface area contributed by atoms with E-state index in [4.69, 9.17) is 4.74 Å². The summed E-state index contributed by atoms with van der Waals surface area (Å²) in [5, 5.41) is 2.55. The van der Waals surface area contributed by atoms with Gasteiger partial charge in [0.15, 0.2) is 11.6 Å². The minimum Gasteiger partial charge on any atom is -0.494 e. The van der Waals surface area contributed by atoms with Gasteiger partial charge in [0.05, 0.1) is 6.61 Å². The fraction of sp³-hybridized carbons (Fsp3) is 0.111. The third-order valence-corrected chi connectivity index (χ3v) is 3.38. The molecule has 2 aromatic rings. The number of nitrogens with one attached hydrogen (secondary N) is 1. The van der Waals surface area contributed by atoms with Crippen LogP contribution in [0.4, 0.5) is 8.78 Å². The van der Waals surface area contributed by atoms with Crippen LogP contribution in [0, 0.1) is 11.6 Å². The first-order valence-electron chi connectivity index (χ1n) is 7.37. The quantitative estimate of drug-likeness (QED) is 0.876. The van der Waals surface area contributed by atoms with Gasteiger partial charge in [-0.3, -0.25) is 4.79 Å². The molecule has 1 amide bonds. The number of ether oxygens (including phenoxy) is 1. The summed E-state index contributed by atoms with van der Waals surface area (Å²) in [6.45, 7) is 2.47. The molecule has 6 heteroatoms. The highest BCUT2D eigenvalue weighted by Gasteiger charge is 2.21. The van der Waals surface area contributed by atoms with Crippen molar-refractivity contribution in [1.82, 2.24) is 5.32 Å². The van der Waals surface area contributed by atoms with Crippen LogP contribution in [-0.2, 0) is 4.79 Å². The highest BCUT2D eigenvalue weighted by molar-refractivity contribution is 6.19. The Balaban J connectivity index is 1.86. The summed E-state index contributed by atoms with van der Waals surface area (Å²) in [6, 6.07) is 10.5. The van der Waals surface area contributed by atoms with Crippen LogP contribution in [0.15, 0.2) is 53.2 Å². The molecule has 0 aromatic heterocycles. The zero-order chi connectivity index (χ0) is 17.1. The van der Waals surface area contributed by atoms with Gasteiger partial charge < -0.3 is 10.1 Å². The van der Waals surface area contributed by atoms with Crippen LogP contribution in [0.3, 0.4) is 0 Å². The lowest BCUT2D eigenvalue weighted by atomic mass is 10.2. The Bertz CT molecular complexity index is 843. The topological polar surface area (TPSA) is 50.7 Å². The molecule has 24 heavy (non-hydrogen) atoms. The van der Waals surface area contributed by atoms with Crippen molar-refractivity contribution in [2.75, 3.05) is 6.61 Å². The molecule has 2 aromatic carbocycles. The molecule has 0 unspecified atom stereocenters. The van der Waals surface area contributed by atoms with Crippen molar-refractivity contribution in [3.05, 3.63) is 70.9 Å². The standard InChI is InChI=1S/C18H14F2N2O2/c1-2-24-13-6-3-11(4-7-13)9-16-18(23)22-17(21-16)12-5-8-14(19)15(20)10-12/h3-10H,2H2,1H3,(H,21,22,23)/b16-9+. The number of hydrogen-bond acceptors (Lipinski definition) is 3. The van der Waals surface area contributed by atoms with Gasteiger partial charge in [-0.15, -0.1) is 0 Å². The number of nitrogens with zero attached hydrogens (tertiary/aromatic N) is 1. The van der Waals surface area contributed by atoms with Gasteiger partial charge in [-0.2, -0.15) is 0 Å². The molecule has 1 N–H and O–H groups in total. The zero-order valence-corrected chi connectivity index (χ0v) is 12.8. The first-order valence-corrected chi connectivity index (χ1v) is 7.37. The average molecular weight is 328 g/mol. The second kappa shape index (κ2) is 6.62. The van der Waals surface area contributed by atoms with Gasteiger partial charge in [0.1, 0.15) is 17.3 Å². The lowest BCUT2D eigenvalue weighted by Gasteiger charge is -2.02. The van der Waals surface area contributed by atoms with Crippen LogP contribution in [-0.4, -0.2) is 18.3 Å². The summed E-state index contributed by atoms with van der Waals surface area (Å²) in [4.78, 5) is 16.2. The number of aliphatic imine (C=N–C) groups is 1. The number of benzene rings is 2. The van der Waals surface area contributed by atoms with Gasteiger partial charge in [-0.25, -0.2) is 13.8 Å². The van der Waals surface area contributed by atoms with Crippen LogP contribution in [0.1, 0.15) is 18.1 Å². The van der Waals surface area contributed by atoms with E-state index in [1.54, 1.807) is 30.3 Å². The number of rotatable bonds is 4. The third-order valence-electron chi connectivity index (χ3n) is 3.38. The van der Waals surface area contributed by atoms with Crippen molar-refractivity contribution in [3.63, 3.8) is 0 Å². The Morgan fingerprint density at radius 1 is 1.12 bits per heavy atom. The van der Waals surface area contributed by atoms with E-state index in [1.165, 1.54) is 6.07 Å². The number of amides is 1. The van der Waals surface area contributed by atoms with Crippen LogP contribution >= 0.6 is 0 Å². The summed E-state index contributed by atoms with van der Waals surface area (Å²) in [5.74, 6) is -1.41. The molecule has 0 saturated heterocycles. The number of hydrogen-bond donors (Lipinski definition) is 1. The summed E-state index contributed by atoms with van der Waals surface area (Å²) in [7, 11) is 0. The lowest BCUT2D eigenvalue weighted by molar-refractivity contribution is -0.115. The van der Waals surface area contributed by atoms with E-state index in [0.717, 1.165) is 23.4 Å². The second-order valence-corrected chi connectivity index (χ2v) is 5.08. The monoisotopic (exact) mass is 328 g/mol. The molecule has 0 spiro atoms. The Morgan fingerprint density at radius 3 is 2.54 bits per heavy atom. The Hall–Kier alpha value is -3.02. The molecule has 3 rings (SSSR count). The minimum absolute atomic E-state index is 0.191. The highest BCUT2D eigenvalue weighted by atomic mass is 19.2. The molecular weight excluding hydrogens is 314 g/mol. The van der Waals surface area contributed by atoms with Gasteiger partial charge in [0, 0.05) is 5.56 Å². The number of halogens is 2. The highest BCUT2D eigenvalue weighted by Crippen LogP contribution is 2.18. The fourth-order valence-corrected chi connectivity index (χ4v) is 2.23.